The van der Waals surface area contributed by atoms with E-state index in [9.17, 15) is 4.79 Å². The number of unbranched alkanes of at least 4 members (excludes halogenated alkanes) is 3. The predicted octanol–water partition coefficient (Wildman–Crippen LogP) is 7.62. The minimum absolute atomic E-state index is 0.0215. The smallest absolute Gasteiger partial charge is 0.338 e. The van der Waals surface area contributed by atoms with Crippen LogP contribution in [-0.2, 0) is 4.74 Å². The second-order valence-electron chi connectivity index (χ2n) is 9.09. The van der Waals surface area contributed by atoms with Crippen molar-refractivity contribution in [3.05, 3.63) is 65.2 Å². The largest absolute Gasteiger partial charge is 0.491 e. The van der Waals surface area contributed by atoms with Crippen molar-refractivity contribution in [2.24, 2.45) is 0 Å². The van der Waals surface area contributed by atoms with Crippen molar-refractivity contribution < 1.29 is 14.3 Å². The summed E-state index contributed by atoms with van der Waals surface area (Å²) < 4.78 is 11.8. The summed E-state index contributed by atoms with van der Waals surface area (Å²) in [5, 5.41) is 0. The highest BCUT2D eigenvalue weighted by molar-refractivity contribution is 5.89. The standard InChI is InChI=1S/C28H38O3/c1-4-5-6-7-8-22(3)30-26-19-15-25(16-20-26)28(29)31-27-17-13-24(14-18-27)23-11-9-21(2)10-12-23/h9-12,15-16,19-20,22,24,27H,4-8,13-14,17-18H2,1-3H3/t22-,24?,27?/m0/s1. The monoisotopic (exact) mass is 422 g/mol. The Morgan fingerprint density at radius 2 is 1.61 bits per heavy atom. The van der Waals surface area contributed by atoms with Crippen molar-refractivity contribution in [2.75, 3.05) is 0 Å². The Labute approximate surface area is 188 Å². The quantitative estimate of drug-likeness (QED) is 0.292. The summed E-state index contributed by atoms with van der Waals surface area (Å²) in [6, 6.07) is 16.2. The van der Waals surface area contributed by atoms with Crippen molar-refractivity contribution in [1.82, 2.24) is 0 Å². The van der Waals surface area contributed by atoms with Gasteiger partial charge < -0.3 is 9.47 Å². The van der Waals surface area contributed by atoms with E-state index in [1.54, 1.807) is 0 Å². The molecule has 2 aromatic rings. The van der Waals surface area contributed by atoms with E-state index in [0.29, 0.717) is 11.5 Å². The summed E-state index contributed by atoms with van der Waals surface area (Å²) in [7, 11) is 0. The molecule has 0 radical (unpaired) electrons. The second-order valence-corrected chi connectivity index (χ2v) is 9.09. The number of carbonyl (C=O) groups is 1. The maximum absolute atomic E-state index is 12.6. The highest BCUT2D eigenvalue weighted by Gasteiger charge is 2.25. The van der Waals surface area contributed by atoms with Crippen LogP contribution in [-0.4, -0.2) is 18.2 Å². The average Bonchev–Trinajstić information content (AvgIpc) is 2.78. The molecule has 0 spiro atoms. The normalized spacial score (nSPS) is 19.6. The Hall–Kier alpha value is -2.29. The van der Waals surface area contributed by atoms with Crippen molar-refractivity contribution in [3.63, 3.8) is 0 Å². The van der Waals surface area contributed by atoms with Gasteiger partial charge in [0.1, 0.15) is 11.9 Å². The third-order valence-electron chi connectivity index (χ3n) is 6.39. The van der Waals surface area contributed by atoms with Crippen molar-refractivity contribution >= 4 is 5.97 Å². The van der Waals surface area contributed by atoms with Gasteiger partial charge in [-0.15, -0.1) is 0 Å². The number of hydrogen-bond acceptors (Lipinski definition) is 3. The van der Waals surface area contributed by atoms with Crippen LogP contribution in [0.15, 0.2) is 48.5 Å². The molecule has 1 aliphatic rings. The maximum Gasteiger partial charge on any atom is 0.338 e. The van der Waals surface area contributed by atoms with Crippen molar-refractivity contribution in [2.45, 2.75) is 96.7 Å². The van der Waals surface area contributed by atoms with Crippen LogP contribution < -0.4 is 4.74 Å². The van der Waals surface area contributed by atoms with Crippen LogP contribution in [0.5, 0.6) is 5.75 Å². The van der Waals surface area contributed by atoms with E-state index in [1.807, 2.05) is 24.3 Å². The van der Waals surface area contributed by atoms with Crippen LogP contribution >= 0.6 is 0 Å². The predicted molar refractivity (Wildman–Crippen MR) is 127 cm³/mol. The first-order valence-corrected chi connectivity index (χ1v) is 12.1. The summed E-state index contributed by atoms with van der Waals surface area (Å²) in [6.07, 6.45) is 10.3. The van der Waals surface area contributed by atoms with E-state index in [4.69, 9.17) is 9.47 Å². The zero-order valence-corrected chi connectivity index (χ0v) is 19.4. The molecular weight excluding hydrogens is 384 g/mol. The molecule has 0 unspecified atom stereocenters. The second kappa shape index (κ2) is 11.9. The van der Waals surface area contributed by atoms with Gasteiger partial charge in [-0.2, -0.15) is 0 Å². The topological polar surface area (TPSA) is 35.5 Å². The summed E-state index contributed by atoms with van der Waals surface area (Å²) >= 11 is 0. The molecule has 0 saturated heterocycles. The number of rotatable bonds is 10. The number of carbonyl (C=O) groups excluding carboxylic acids is 1. The first kappa shape index (κ1) is 23.4. The molecule has 2 aromatic carbocycles. The first-order chi connectivity index (χ1) is 15.0. The van der Waals surface area contributed by atoms with Gasteiger partial charge in [0, 0.05) is 0 Å². The molecule has 0 aliphatic heterocycles. The van der Waals surface area contributed by atoms with Crippen LogP contribution in [0.4, 0.5) is 0 Å². The number of benzene rings is 2. The number of hydrogen-bond donors (Lipinski definition) is 0. The van der Waals surface area contributed by atoms with E-state index in [0.717, 1.165) is 37.9 Å². The van der Waals surface area contributed by atoms with Crippen LogP contribution in [0, 0.1) is 6.92 Å². The van der Waals surface area contributed by atoms with E-state index in [1.165, 1.54) is 36.8 Å². The zero-order chi connectivity index (χ0) is 22.1. The molecule has 0 bridgehead atoms. The maximum atomic E-state index is 12.6. The van der Waals surface area contributed by atoms with E-state index in [-0.39, 0.29) is 18.2 Å². The fourth-order valence-electron chi connectivity index (χ4n) is 4.39. The van der Waals surface area contributed by atoms with Crippen LogP contribution in [0.1, 0.15) is 99.0 Å². The van der Waals surface area contributed by atoms with Gasteiger partial charge in [-0.25, -0.2) is 4.79 Å². The Kier molecular flexibility index (Phi) is 8.99. The summed E-state index contributed by atoms with van der Waals surface area (Å²) in [5.41, 5.74) is 3.30. The lowest BCUT2D eigenvalue weighted by molar-refractivity contribution is 0.0195. The SMILES string of the molecule is CCCCCC[C@H](C)Oc1ccc(C(=O)OC2CCC(c3ccc(C)cc3)CC2)cc1. The Morgan fingerprint density at radius 1 is 0.935 bits per heavy atom. The first-order valence-electron chi connectivity index (χ1n) is 12.1. The third kappa shape index (κ3) is 7.41. The highest BCUT2D eigenvalue weighted by atomic mass is 16.5. The highest BCUT2D eigenvalue weighted by Crippen LogP contribution is 2.34. The van der Waals surface area contributed by atoms with Gasteiger partial charge in [0.15, 0.2) is 0 Å². The third-order valence-corrected chi connectivity index (χ3v) is 6.39. The molecule has 0 N–H and O–H groups in total. The lowest BCUT2D eigenvalue weighted by atomic mass is 9.82. The number of esters is 1. The molecule has 1 fully saturated rings. The van der Waals surface area contributed by atoms with Crippen LogP contribution in [0.2, 0.25) is 0 Å². The molecule has 3 nitrogen and oxygen atoms in total. The Bertz CT molecular complexity index is 786. The fraction of sp³-hybridized carbons (Fsp3) is 0.536. The van der Waals surface area contributed by atoms with Gasteiger partial charge in [-0.05, 0) is 88.1 Å². The van der Waals surface area contributed by atoms with Crippen molar-refractivity contribution in [3.8, 4) is 5.75 Å². The van der Waals surface area contributed by atoms with Gasteiger partial charge in [0.2, 0.25) is 0 Å². The molecule has 1 saturated carbocycles. The summed E-state index contributed by atoms with van der Waals surface area (Å²) in [6.45, 7) is 6.46. The molecule has 1 atom stereocenters. The molecular formula is C28H38O3. The zero-order valence-electron chi connectivity index (χ0n) is 19.4. The molecule has 3 heteroatoms. The van der Waals surface area contributed by atoms with Crippen LogP contribution in [0.25, 0.3) is 0 Å². The fourth-order valence-corrected chi connectivity index (χ4v) is 4.39. The number of aryl methyl sites for hydroxylation is 1. The average molecular weight is 423 g/mol. The van der Waals surface area contributed by atoms with Gasteiger partial charge in [0.25, 0.3) is 0 Å². The summed E-state index contributed by atoms with van der Waals surface area (Å²) in [5.74, 6) is 1.17. The molecule has 3 rings (SSSR count). The van der Waals surface area contributed by atoms with E-state index in [2.05, 4.69) is 45.0 Å². The number of ether oxygens (including phenoxy) is 2. The molecule has 31 heavy (non-hydrogen) atoms. The molecule has 0 heterocycles. The van der Waals surface area contributed by atoms with Crippen molar-refractivity contribution in [1.29, 1.82) is 0 Å². The van der Waals surface area contributed by atoms with Gasteiger partial charge in [0.05, 0.1) is 11.7 Å². The van der Waals surface area contributed by atoms with E-state index < -0.39 is 0 Å². The van der Waals surface area contributed by atoms with Gasteiger partial charge in [-0.1, -0.05) is 56.0 Å². The molecule has 0 amide bonds. The Morgan fingerprint density at radius 3 is 2.26 bits per heavy atom. The summed E-state index contributed by atoms with van der Waals surface area (Å²) in [4.78, 5) is 12.6. The minimum atomic E-state index is -0.224. The van der Waals surface area contributed by atoms with E-state index >= 15 is 0 Å². The Balaban J connectivity index is 1.42. The lowest BCUT2D eigenvalue weighted by Gasteiger charge is -2.28. The molecule has 168 valence electrons. The minimum Gasteiger partial charge on any atom is -0.491 e. The molecule has 1 aliphatic carbocycles. The van der Waals surface area contributed by atoms with Crippen LogP contribution in [0.3, 0.4) is 0 Å². The lowest BCUT2D eigenvalue weighted by Crippen LogP contribution is -2.24. The molecule has 0 aromatic heterocycles. The van der Waals surface area contributed by atoms with Gasteiger partial charge >= 0.3 is 5.97 Å². The van der Waals surface area contributed by atoms with Gasteiger partial charge in [-0.3, -0.25) is 0 Å².